The number of hydrazine groups is 2. The fourth-order valence-electron chi connectivity index (χ4n) is 7.13. The lowest BCUT2D eigenvalue weighted by atomic mass is 9.69. The molecule has 4 N–H and O–H groups in total. The Kier molecular flexibility index (Phi) is 9.05. The fourth-order valence-corrected chi connectivity index (χ4v) is 7.13. The molecule has 3 aromatic rings. The predicted octanol–water partition coefficient (Wildman–Crippen LogP) is 5.73. The standard InChI is InChI=1S/C37H45N7O3/c1-6-31(26-9-13-28(14-10-26)34(45)38-23-32-40-42-43-41-32)44-35(46)33(39-37(44)21-19-29(20-22-37)36(2,3)4)27-11-7-24(8-12-27)25-15-17-30(47-5)18-16-25/h7-18,29,31,42-43H,6,19-23H2,1-5H3,(H,38,45)(H,40,41)/t29?,31-,37?/m1/s1. The topological polar surface area (TPSA) is 119 Å². The third-order valence-electron chi connectivity index (χ3n) is 9.91. The molecular formula is C37H45N7O3. The van der Waals surface area contributed by atoms with Crippen LogP contribution < -0.4 is 26.5 Å². The van der Waals surface area contributed by atoms with Crippen LogP contribution in [0.3, 0.4) is 0 Å². The van der Waals surface area contributed by atoms with Crippen molar-refractivity contribution >= 4 is 23.4 Å². The molecule has 0 saturated heterocycles. The van der Waals surface area contributed by atoms with E-state index in [0.29, 0.717) is 23.0 Å². The van der Waals surface area contributed by atoms with Gasteiger partial charge in [-0.2, -0.15) is 0 Å². The Labute approximate surface area is 277 Å². The van der Waals surface area contributed by atoms with Crippen LogP contribution in [0.15, 0.2) is 82.9 Å². The van der Waals surface area contributed by atoms with E-state index in [0.717, 1.165) is 60.1 Å². The van der Waals surface area contributed by atoms with Gasteiger partial charge in [0.05, 0.1) is 19.7 Å². The van der Waals surface area contributed by atoms with Gasteiger partial charge in [0.15, 0.2) is 5.84 Å². The maximum Gasteiger partial charge on any atom is 0.275 e. The van der Waals surface area contributed by atoms with Crippen LogP contribution in [0.1, 0.15) is 87.3 Å². The third-order valence-corrected chi connectivity index (χ3v) is 9.91. The van der Waals surface area contributed by atoms with E-state index in [9.17, 15) is 9.59 Å². The van der Waals surface area contributed by atoms with Crippen LogP contribution in [0.25, 0.3) is 11.1 Å². The van der Waals surface area contributed by atoms with Gasteiger partial charge in [-0.15, -0.1) is 10.6 Å². The second-order valence-electron chi connectivity index (χ2n) is 13.7. The zero-order valence-electron chi connectivity index (χ0n) is 27.9. The highest BCUT2D eigenvalue weighted by Crippen LogP contribution is 2.49. The van der Waals surface area contributed by atoms with Gasteiger partial charge in [-0.05, 0) is 84.4 Å². The Morgan fingerprint density at radius 2 is 1.60 bits per heavy atom. The first kappa shape index (κ1) is 32.2. The number of carbonyl (C=O) groups is 2. The first-order valence-corrected chi connectivity index (χ1v) is 16.5. The average molecular weight is 636 g/mol. The molecule has 10 nitrogen and oxygen atoms in total. The van der Waals surface area contributed by atoms with Gasteiger partial charge in [0, 0.05) is 11.1 Å². The second-order valence-corrected chi connectivity index (χ2v) is 13.7. The molecule has 1 spiro atoms. The number of hydrogen-bond donors (Lipinski definition) is 4. The number of hydrazone groups is 1. The first-order chi connectivity index (χ1) is 22.6. The van der Waals surface area contributed by atoms with E-state index in [2.05, 4.69) is 71.6 Å². The van der Waals surface area contributed by atoms with Gasteiger partial charge in [0.25, 0.3) is 11.8 Å². The molecule has 246 valence electrons. The van der Waals surface area contributed by atoms with E-state index in [4.69, 9.17) is 9.73 Å². The SMILES string of the molecule is CC[C@H](c1ccc(C(=O)NCC2=NNNN2)cc1)N1C(=O)C(c2ccc(-c3ccc(OC)cc3)cc2)=NC12CCC(C(C)(C)C)CC2. The number of aliphatic imine (C=N–C) groups is 1. The molecule has 3 aromatic carbocycles. The Bertz CT molecular complexity index is 1650. The largest absolute Gasteiger partial charge is 0.497 e. The van der Waals surface area contributed by atoms with Crippen molar-refractivity contribution < 1.29 is 14.3 Å². The van der Waals surface area contributed by atoms with Gasteiger partial charge < -0.3 is 15.0 Å². The van der Waals surface area contributed by atoms with Crippen LogP contribution in [0.5, 0.6) is 5.75 Å². The first-order valence-electron chi connectivity index (χ1n) is 16.5. The number of rotatable bonds is 9. The van der Waals surface area contributed by atoms with Gasteiger partial charge in [0.2, 0.25) is 0 Å². The van der Waals surface area contributed by atoms with Crippen molar-refractivity contribution in [2.45, 2.75) is 71.5 Å². The summed E-state index contributed by atoms with van der Waals surface area (Å²) in [5.74, 6) is 1.75. The lowest BCUT2D eigenvalue weighted by molar-refractivity contribution is -0.133. The molecule has 3 aliphatic rings. The molecule has 2 aliphatic heterocycles. The fraction of sp³-hybridized carbons (Fsp3) is 0.405. The zero-order chi connectivity index (χ0) is 33.2. The molecule has 0 bridgehead atoms. The highest BCUT2D eigenvalue weighted by atomic mass is 16.5. The van der Waals surface area contributed by atoms with E-state index in [1.54, 1.807) is 7.11 Å². The van der Waals surface area contributed by atoms with Gasteiger partial charge in [-0.3, -0.25) is 20.0 Å². The molecule has 1 fully saturated rings. The van der Waals surface area contributed by atoms with Crippen molar-refractivity contribution in [3.63, 3.8) is 0 Å². The highest BCUT2D eigenvalue weighted by molar-refractivity contribution is 6.46. The van der Waals surface area contributed by atoms with Gasteiger partial charge >= 0.3 is 0 Å². The lowest BCUT2D eigenvalue weighted by Crippen LogP contribution is -2.51. The maximum atomic E-state index is 14.5. The Morgan fingerprint density at radius 3 is 2.15 bits per heavy atom. The predicted molar refractivity (Wildman–Crippen MR) is 185 cm³/mol. The van der Waals surface area contributed by atoms with Gasteiger partial charge in [-0.25, -0.2) is 5.53 Å². The van der Waals surface area contributed by atoms with Gasteiger partial charge in [-0.1, -0.05) is 76.2 Å². The van der Waals surface area contributed by atoms with E-state index in [1.165, 1.54) is 0 Å². The molecule has 0 aromatic heterocycles. The highest BCUT2D eigenvalue weighted by Gasteiger charge is 2.52. The molecule has 0 radical (unpaired) electrons. The minimum atomic E-state index is -0.601. The van der Waals surface area contributed by atoms with Gasteiger partial charge in [0.1, 0.15) is 17.1 Å². The molecular weight excluding hydrogens is 590 g/mol. The van der Waals surface area contributed by atoms with Crippen molar-refractivity contribution in [1.82, 2.24) is 26.7 Å². The molecule has 6 rings (SSSR count). The number of nitrogens with one attached hydrogen (secondary N) is 4. The van der Waals surface area contributed by atoms with Crippen molar-refractivity contribution in [3.8, 4) is 16.9 Å². The normalized spacial score (nSPS) is 21.5. The van der Waals surface area contributed by atoms with Crippen LogP contribution >= 0.6 is 0 Å². The van der Waals surface area contributed by atoms with E-state index >= 15 is 0 Å². The number of nitrogens with zero attached hydrogens (tertiary/aromatic N) is 3. The molecule has 47 heavy (non-hydrogen) atoms. The zero-order valence-corrected chi connectivity index (χ0v) is 27.9. The van der Waals surface area contributed by atoms with Crippen molar-refractivity contribution in [2.75, 3.05) is 13.7 Å². The molecule has 1 atom stereocenters. The lowest BCUT2D eigenvalue weighted by Gasteiger charge is -2.47. The third kappa shape index (κ3) is 6.60. The Morgan fingerprint density at radius 1 is 0.979 bits per heavy atom. The van der Waals surface area contributed by atoms with Crippen LogP contribution in [-0.2, 0) is 4.79 Å². The number of amides is 2. The monoisotopic (exact) mass is 635 g/mol. The van der Waals surface area contributed by atoms with Crippen LogP contribution in [0.4, 0.5) is 0 Å². The molecule has 1 saturated carbocycles. The minimum absolute atomic E-state index is 0.0304. The van der Waals surface area contributed by atoms with Crippen molar-refractivity contribution in [1.29, 1.82) is 0 Å². The van der Waals surface area contributed by atoms with Crippen molar-refractivity contribution in [3.05, 3.63) is 89.5 Å². The number of carbonyl (C=O) groups excluding carboxylic acids is 2. The summed E-state index contributed by atoms with van der Waals surface area (Å²) in [4.78, 5) is 34.8. The van der Waals surface area contributed by atoms with Crippen LogP contribution in [-0.4, -0.2) is 47.6 Å². The number of methoxy groups -OCH3 is 1. The van der Waals surface area contributed by atoms with Crippen LogP contribution in [0.2, 0.25) is 0 Å². The number of ether oxygens (including phenoxy) is 1. The smallest absolute Gasteiger partial charge is 0.275 e. The average Bonchev–Trinajstić information content (AvgIpc) is 3.71. The van der Waals surface area contributed by atoms with E-state index in [1.807, 2.05) is 60.7 Å². The summed E-state index contributed by atoms with van der Waals surface area (Å²) < 4.78 is 5.31. The van der Waals surface area contributed by atoms with Crippen molar-refractivity contribution in [2.24, 2.45) is 21.4 Å². The summed E-state index contributed by atoms with van der Waals surface area (Å²) in [6.45, 7) is 9.31. The maximum absolute atomic E-state index is 14.5. The second kappa shape index (κ2) is 13.2. The number of benzene rings is 3. The summed E-state index contributed by atoms with van der Waals surface area (Å²) in [7, 11) is 1.66. The summed E-state index contributed by atoms with van der Waals surface area (Å²) >= 11 is 0. The molecule has 2 heterocycles. The minimum Gasteiger partial charge on any atom is -0.497 e. The number of amidine groups is 1. The molecule has 0 unspecified atom stereocenters. The van der Waals surface area contributed by atoms with E-state index in [-0.39, 0.29) is 29.8 Å². The molecule has 1 aliphatic carbocycles. The summed E-state index contributed by atoms with van der Waals surface area (Å²) in [6, 6.07) is 23.5. The summed E-state index contributed by atoms with van der Waals surface area (Å²) in [5, 5.41) is 6.86. The Balaban J connectivity index is 1.27. The van der Waals surface area contributed by atoms with Crippen LogP contribution in [0, 0.1) is 11.3 Å². The quantitative estimate of drug-likeness (QED) is 0.238. The summed E-state index contributed by atoms with van der Waals surface area (Å²) in [6.07, 6.45) is 4.41. The van der Waals surface area contributed by atoms with E-state index < -0.39 is 5.66 Å². The Hall–Kier alpha value is -4.70. The summed E-state index contributed by atoms with van der Waals surface area (Å²) in [5.41, 5.74) is 12.7. The number of hydrogen-bond acceptors (Lipinski definition) is 8. The molecule has 10 heteroatoms. The molecule has 2 amide bonds.